The molecule has 452 valence electrons. The number of ether oxygens (including phenoxy) is 3. The molecule has 0 rings (SSSR count). The van der Waals surface area contributed by atoms with Crippen LogP contribution < -0.4 is 0 Å². The van der Waals surface area contributed by atoms with Gasteiger partial charge in [0.2, 0.25) is 0 Å². The van der Waals surface area contributed by atoms with Crippen LogP contribution in [0.5, 0.6) is 0 Å². The number of aliphatic hydroxyl groups is 1. The van der Waals surface area contributed by atoms with Gasteiger partial charge in [-0.3, -0.25) is 23.4 Å². The molecule has 0 saturated heterocycles. The molecule has 0 aromatic rings. The Morgan fingerprint density at radius 1 is 0.316 bits per heavy atom. The molecule has 3 atom stereocenters. The Balaban J connectivity index is 4.60. The van der Waals surface area contributed by atoms with Crippen LogP contribution in [0.4, 0.5) is 0 Å². The van der Waals surface area contributed by atoms with Crippen LogP contribution in [-0.4, -0.2) is 66.5 Å². The lowest BCUT2D eigenvalue weighted by Gasteiger charge is -2.21. The van der Waals surface area contributed by atoms with Crippen molar-refractivity contribution in [2.24, 2.45) is 0 Å². The summed E-state index contributed by atoms with van der Waals surface area (Å²) in [4.78, 5) is 48.7. The topological polar surface area (TPSA) is 155 Å². The van der Waals surface area contributed by atoms with Gasteiger partial charge in [-0.05, 0) is 19.3 Å². The second kappa shape index (κ2) is 59.6. The number of carbonyl (C=O) groups excluding carboxylic acids is 3. The summed E-state index contributed by atoms with van der Waals surface area (Å²) in [7, 11) is -4.74. The molecule has 0 spiro atoms. The molecule has 0 aliphatic rings. The van der Waals surface area contributed by atoms with E-state index in [1.165, 1.54) is 238 Å². The van der Waals surface area contributed by atoms with Gasteiger partial charge in [0.05, 0.1) is 19.8 Å². The number of phosphoric acid groups is 1. The normalized spacial score (nSPS) is 13.2. The summed E-state index contributed by atoms with van der Waals surface area (Å²) in [5.41, 5.74) is 0. The smallest absolute Gasteiger partial charge is 0.462 e. The fourth-order valence-corrected chi connectivity index (χ4v) is 10.8. The minimum atomic E-state index is -4.74. The van der Waals surface area contributed by atoms with Crippen LogP contribution in [-0.2, 0) is 42.2 Å². The van der Waals surface area contributed by atoms with Crippen LogP contribution in [0.15, 0.2) is 0 Å². The number of hydrogen-bond donors (Lipinski definition) is 2. The number of rotatable bonds is 63. The first kappa shape index (κ1) is 74.5. The number of unbranched alkanes of at least 4 members (excludes halogenated alkanes) is 46. The van der Waals surface area contributed by atoms with Crippen molar-refractivity contribution in [3.05, 3.63) is 0 Å². The van der Waals surface area contributed by atoms with E-state index in [4.69, 9.17) is 23.3 Å². The Hall–Kier alpha value is -1.52. The molecule has 76 heavy (non-hydrogen) atoms. The van der Waals surface area contributed by atoms with Gasteiger partial charge in [0, 0.05) is 19.3 Å². The molecular weight excluding hydrogens is 976 g/mol. The highest BCUT2D eigenvalue weighted by Gasteiger charge is 2.28. The van der Waals surface area contributed by atoms with Gasteiger partial charge in [0.25, 0.3) is 0 Å². The van der Waals surface area contributed by atoms with Gasteiger partial charge in [-0.2, -0.15) is 0 Å². The predicted octanol–water partition coefficient (Wildman–Crippen LogP) is 19.8. The summed E-state index contributed by atoms with van der Waals surface area (Å²) in [5.74, 6) is -1.42. The summed E-state index contributed by atoms with van der Waals surface area (Å²) >= 11 is 0. The molecule has 0 saturated carbocycles. The number of hydrogen-bond acceptors (Lipinski definition) is 10. The third-order valence-electron chi connectivity index (χ3n) is 15.0. The summed E-state index contributed by atoms with van der Waals surface area (Å²) in [5, 5.41) is 9.82. The summed E-state index contributed by atoms with van der Waals surface area (Å²) < 4.78 is 39.7. The average Bonchev–Trinajstić information content (AvgIpc) is 3.41. The van der Waals surface area contributed by atoms with Crippen LogP contribution in [0.3, 0.4) is 0 Å². The van der Waals surface area contributed by atoms with E-state index in [0.29, 0.717) is 19.3 Å². The average molecular weight is 1100 g/mol. The second-order valence-electron chi connectivity index (χ2n) is 22.7. The Morgan fingerprint density at radius 3 is 0.776 bits per heavy atom. The molecule has 12 heteroatoms. The molecule has 0 amide bonds. The van der Waals surface area contributed by atoms with Gasteiger partial charge in [0.1, 0.15) is 12.7 Å². The van der Waals surface area contributed by atoms with Gasteiger partial charge >= 0.3 is 25.7 Å². The molecule has 11 nitrogen and oxygen atoms in total. The fraction of sp³-hybridized carbons (Fsp3) is 0.953. The van der Waals surface area contributed by atoms with Crippen molar-refractivity contribution in [1.29, 1.82) is 0 Å². The van der Waals surface area contributed by atoms with E-state index in [9.17, 15) is 28.9 Å². The Labute approximate surface area is 469 Å². The Bertz CT molecular complexity index is 1280. The van der Waals surface area contributed by atoms with E-state index in [1.54, 1.807) is 0 Å². The standard InChI is InChI=1S/C64H125O11P/c1-4-7-10-13-16-19-22-24-26-28-30-32-34-36-39-41-44-47-50-53-62(66)71-57-61(75-64(68)55-52-49-46-43-40-37-35-33-31-29-27-25-23-20-17-14-11-8-5-2)59-73-76(69,70)72-58-60(56-65)74-63(67)54-51-48-45-42-38-21-18-15-12-9-6-3/h60-61,65H,4-59H2,1-3H3,(H,69,70). The molecule has 0 radical (unpaired) electrons. The van der Waals surface area contributed by atoms with Crippen molar-refractivity contribution < 1.29 is 52.2 Å². The van der Waals surface area contributed by atoms with Crippen molar-refractivity contribution in [2.45, 2.75) is 367 Å². The zero-order valence-electron chi connectivity index (χ0n) is 50.3. The highest BCUT2D eigenvalue weighted by molar-refractivity contribution is 7.47. The minimum absolute atomic E-state index is 0.179. The quantitative estimate of drug-likeness (QED) is 0.0259. The van der Waals surface area contributed by atoms with E-state index < -0.39 is 57.8 Å². The molecule has 0 aromatic carbocycles. The maximum atomic E-state index is 13.0. The summed E-state index contributed by atoms with van der Waals surface area (Å²) in [6, 6.07) is 0. The second-order valence-corrected chi connectivity index (χ2v) is 24.1. The molecule has 0 bridgehead atoms. The minimum Gasteiger partial charge on any atom is -0.462 e. The highest BCUT2D eigenvalue weighted by Crippen LogP contribution is 2.43. The van der Waals surface area contributed by atoms with Gasteiger partial charge in [0.15, 0.2) is 6.10 Å². The number of esters is 3. The molecular formula is C64H125O11P. The summed E-state index contributed by atoms with van der Waals surface area (Å²) in [6.07, 6.45) is 59.2. The van der Waals surface area contributed by atoms with E-state index in [-0.39, 0.29) is 25.9 Å². The van der Waals surface area contributed by atoms with Crippen molar-refractivity contribution in [3.8, 4) is 0 Å². The van der Waals surface area contributed by atoms with Crippen molar-refractivity contribution in [2.75, 3.05) is 26.4 Å². The fourth-order valence-electron chi connectivity index (χ4n) is 10.0. The van der Waals surface area contributed by atoms with Gasteiger partial charge in [-0.1, -0.05) is 316 Å². The number of aliphatic hydroxyl groups excluding tert-OH is 1. The first-order chi connectivity index (χ1) is 37.2. The Morgan fingerprint density at radius 2 is 0.526 bits per heavy atom. The van der Waals surface area contributed by atoms with Crippen LogP contribution in [0.1, 0.15) is 355 Å². The predicted molar refractivity (Wildman–Crippen MR) is 317 cm³/mol. The third-order valence-corrected chi connectivity index (χ3v) is 16.0. The van der Waals surface area contributed by atoms with Crippen molar-refractivity contribution in [1.82, 2.24) is 0 Å². The SMILES string of the molecule is CCCCCCCCCCCCCCCCCCCCCC(=O)OCC(COP(=O)(O)OCC(CO)OC(=O)CCCCCCCCCCCCC)OC(=O)CCCCCCCCCCCCCCCCCCCCC. The lowest BCUT2D eigenvalue weighted by molar-refractivity contribution is -0.161. The molecule has 0 aliphatic carbocycles. The highest BCUT2D eigenvalue weighted by atomic mass is 31.2. The number of carbonyl (C=O) groups is 3. The van der Waals surface area contributed by atoms with Gasteiger partial charge < -0.3 is 24.2 Å². The summed E-state index contributed by atoms with van der Waals surface area (Å²) in [6.45, 7) is 4.74. The maximum Gasteiger partial charge on any atom is 0.472 e. The number of phosphoric ester groups is 1. The molecule has 0 heterocycles. The van der Waals surface area contributed by atoms with Crippen LogP contribution in [0.25, 0.3) is 0 Å². The van der Waals surface area contributed by atoms with Crippen LogP contribution in [0.2, 0.25) is 0 Å². The lowest BCUT2D eigenvalue weighted by Crippen LogP contribution is -2.30. The Kier molecular flexibility index (Phi) is 58.4. The first-order valence-electron chi connectivity index (χ1n) is 32.9. The molecule has 2 N–H and O–H groups in total. The largest absolute Gasteiger partial charge is 0.472 e. The lowest BCUT2D eigenvalue weighted by atomic mass is 10.0. The molecule has 3 unspecified atom stereocenters. The van der Waals surface area contributed by atoms with E-state index in [0.717, 1.165) is 57.8 Å². The van der Waals surface area contributed by atoms with E-state index >= 15 is 0 Å². The van der Waals surface area contributed by atoms with E-state index in [1.807, 2.05) is 0 Å². The molecule has 0 aromatic heterocycles. The van der Waals surface area contributed by atoms with Crippen molar-refractivity contribution >= 4 is 25.7 Å². The zero-order valence-corrected chi connectivity index (χ0v) is 51.2. The molecule has 0 fully saturated rings. The molecule has 0 aliphatic heterocycles. The van der Waals surface area contributed by atoms with Crippen molar-refractivity contribution in [3.63, 3.8) is 0 Å². The van der Waals surface area contributed by atoms with Crippen LogP contribution in [0, 0.1) is 0 Å². The van der Waals surface area contributed by atoms with Crippen LogP contribution >= 0.6 is 7.82 Å². The monoisotopic (exact) mass is 1100 g/mol. The first-order valence-corrected chi connectivity index (χ1v) is 34.4. The zero-order chi connectivity index (χ0) is 55.5. The van der Waals surface area contributed by atoms with Gasteiger partial charge in [-0.25, -0.2) is 4.57 Å². The third kappa shape index (κ3) is 57.2. The van der Waals surface area contributed by atoms with Gasteiger partial charge in [-0.15, -0.1) is 0 Å². The van der Waals surface area contributed by atoms with E-state index in [2.05, 4.69) is 20.8 Å². The maximum absolute atomic E-state index is 13.0.